The maximum Gasteiger partial charge on any atom is 0.264 e. The van der Waals surface area contributed by atoms with Gasteiger partial charge in [-0.3, -0.25) is 9.59 Å². The van der Waals surface area contributed by atoms with Crippen LogP contribution >= 0.6 is 23.2 Å². The van der Waals surface area contributed by atoms with Gasteiger partial charge in [-0.25, -0.2) is 0 Å². The van der Waals surface area contributed by atoms with E-state index >= 15 is 0 Å². The summed E-state index contributed by atoms with van der Waals surface area (Å²) in [5.74, 6) is 0.153. The lowest BCUT2D eigenvalue weighted by atomic mass is 10.1. The lowest BCUT2D eigenvalue weighted by molar-refractivity contribution is -0.139. The molecule has 0 aliphatic carbocycles. The van der Waals surface area contributed by atoms with Gasteiger partial charge >= 0.3 is 0 Å². The van der Waals surface area contributed by atoms with Crippen LogP contribution in [0.2, 0.25) is 10.0 Å². The molecule has 0 unspecified atom stereocenters. The molecule has 130 valence electrons. The number of hydrogen-bond donors (Lipinski definition) is 1. The van der Waals surface area contributed by atoms with Crippen molar-refractivity contribution in [3.63, 3.8) is 0 Å². The molecule has 0 aromatic heterocycles. The van der Waals surface area contributed by atoms with Crippen molar-refractivity contribution in [3.8, 4) is 5.75 Å². The monoisotopic (exact) mass is 378 g/mol. The molecular weight excluding hydrogens is 363 g/mol. The number of halogens is 2. The first kappa shape index (κ1) is 17.6. The molecule has 1 aliphatic rings. The first-order valence-electron chi connectivity index (χ1n) is 7.68. The second-order valence-corrected chi connectivity index (χ2v) is 6.60. The van der Waals surface area contributed by atoms with Gasteiger partial charge in [-0.15, -0.1) is 0 Å². The number of para-hydroxylation sites is 1. The number of rotatable bonds is 4. The SMILES string of the molecule is CN(CC(=O)Nc1ccc(Cl)c(Cl)c1)C(=O)[C@@H]1Cc2ccccc2O1. The number of amides is 2. The summed E-state index contributed by atoms with van der Waals surface area (Å²) in [5, 5.41) is 3.44. The molecule has 0 fully saturated rings. The summed E-state index contributed by atoms with van der Waals surface area (Å²) in [4.78, 5) is 26.0. The number of ether oxygens (including phenoxy) is 1. The Bertz CT molecular complexity index is 801. The van der Waals surface area contributed by atoms with E-state index in [0.29, 0.717) is 22.2 Å². The summed E-state index contributed by atoms with van der Waals surface area (Å²) in [5.41, 5.74) is 1.51. The Morgan fingerprint density at radius 2 is 1.96 bits per heavy atom. The smallest absolute Gasteiger partial charge is 0.264 e. The third-order valence-electron chi connectivity index (χ3n) is 3.88. The van der Waals surface area contributed by atoms with Gasteiger partial charge in [0.15, 0.2) is 6.10 Å². The van der Waals surface area contributed by atoms with Crippen LogP contribution in [0.5, 0.6) is 5.75 Å². The quantitative estimate of drug-likeness (QED) is 0.886. The molecule has 0 bridgehead atoms. The number of hydrogen-bond acceptors (Lipinski definition) is 3. The molecule has 2 aromatic carbocycles. The molecule has 7 heteroatoms. The van der Waals surface area contributed by atoms with E-state index in [2.05, 4.69) is 5.32 Å². The number of nitrogens with zero attached hydrogens (tertiary/aromatic N) is 1. The third-order valence-corrected chi connectivity index (χ3v) is 4.62. The van der Waals surface area contributed by atoms with Crippen LogP contribution in [0.25, 0.3) is 0 Å². The number of likely N-dealkylation sites (N-methyl/N-ethyl adjacent to an activating group) is 1. The van der Waals surface area contributed by atoms with Crippen LogP contribution < -0.4 is 10.1 Å². The van der Waals surface area contributed by atoms with Gasteiger partial charge in [0.25, 0.3) is 5.91 Å². The average Bonchev–Trinajstić information content (AvgIpc) is 3.01. The van der Waals surface area contributed by atoms with Crippen molar-refractivity contribution in [3.05, 3.63) is 58.1 Å². The summed E-state index contributed by atoms with van der Waals surface area (Å²) >= 11 is 11.8. The fraction of sp³-hybridized carbons (Fsp3) is 0.222. The molecule has 1 atom stereocenters. The fourth-order valence-electron chi connectivity index (χ4n) is 2.63. The van der Waals surface area contributed by atoms with Gasteiger partial charge in [0.1, 0.15) is 5.75 Å². The van der Waals surface area contributed by atoms with Crippen LogP contribution in [-0.4, -0.2) is 36.4 Å². The van der Waals surface area contributed by atoms with Crippen molar-refractivity contribution >= 4 is 40.7 Å². The van der Waals surface area contributed by atoms with Gasteiger partial charge in [-0.2, -0.15) is 0 Å². The van der Waals surface area contributed by atoms with Crippen LogP contribution in [0.15, 0.2) is 42.5 Å². The van der Waals surface area contributed by atoms with Gasteiger partial charge in [-0.1, -0.05) is 41.4 Å². The minimum atomic E-state index is -0.597. The zero-order valence-electron chi connectivity index (χ0n) is 13.5. The fourth-order valence-corrected chi connectivity index (χ4v) is 2.93. The highest BCUT2D eigenvalue weighted by molar-refractivity contribution is 6.42. The Hall–Kier alpha value is -2.24. The van der Waals surface area contributed by atoms with E-state index < -0.39 is 6.10 Å². The molecular formula is C18H16Cl2N2O3. The minimum Gasteiger partial charge on any atom is -0.480 e. The van der Waals surface area contributed by atoms with Crippen LogP contribution in [0.4, 0.5) is 5.69 Å². The molecule has 25 heavy (non-hydrogen) atoms. The number of nitrogens with one attached hydrogen (secondary N) is 1. The van der Waals surface area contributed by atoms with Gasteiger partial charge in [0.2, 0.25) is 5.91 Å². The van der Waals surface area contributed by atoms with Gasteiger partial charge < -0.3 is 15.0 Å². The summed E-state index contributed by atoms with van der Waals surface area (Å²) in [6, 6.07) is 12.3. The predicted molar refractivity (Wildman–Crippen MR) is 97.3 cm³/mol. The lowest BCUT2D eigenvalue weighted by Crippen LogP contribution is -2.42. The molecule has 0 spiro atoms. The highest BCUT2D eigenvalue weighted by Crippen LogP contribution is 2.29. The standard InChI is InChI=1S/C18H16Cl2N2O3/c1-22(10-17(23)21-12-6-7-13(19)14(20)9-12)18(24)16-8-11-4-2-3-5-15(11)25-16/h2-7,9,16H,8,10H2,1H3,(H,21,23)/t16-/m0/s1. The highest BCUT2D eigenvalue weighted by atomic mass is 35.5. The number of carbonyl (C=O) groups is 2. The molecule has 1 heterocycles. The number of benzene rings is 2. The topological polar surface area (TPSA) is 58.6 Å². The molecule has 3 rings (SSSR count). The predicted octanol–water partition coefficient (Wildman–Crippen LogP) is 3.39. The third kappa shape index (κ3) is 4.06. The van der Waals surface area contributed by atoms with E-state index in [1.54, 1.807) is 25.2 Å². The van der Waals surface area contributed by atoms with Crippen molar-refractivity contribution in [2.45, 2.75) is 12.5 Å². The second kappa shape index (κ2) is 7.33. The Kier molecular flexibility index (Phi) is 5.16. The molecule has 1 N–H and O–H groups in total. The molecule has 0 radical (unpaired) electrons. The molecule has 5 nitrogen and oxygen atoms in total. The van der Waals surface area contributed by atoms with E-state index in [4.69, 9.17) is 27.9 Å². The number of fused-ring (bicyclic) bond motifs is 1. The van der Waals surface area contributed by atoms with Gasteiger partial charge in [0.05, 0.1) is 16.6 Å². The first-order chi connectivity index (χ1) is 11.9. The summed E-state index contributed by atoms with van der Waals surface area (Å²) < 4.78 is 5.66. The maximum absolute atomic E-state index is 12.5. The second-order valence-electron chi connectivity index (χ2n) is 5.79. The Balaban J connectivity index is 1.56. The Morgan fingerprint density at radius 3 is 2.68 bits per heavy atom. The largest absolute Gasteiger partial charge is 0.480 e. The van der Waals surface area contributed by atoms with Crippen LogP contribution in [0, 0.1) is 0 Å². The van der Waals surface area contributed by atoms with Crippen molar-refractivity contribution < 1.29 is 14.3 Å². The van der Waals surface area contributed by atoms with Crippen LogP contribution in [0.1, 0.15) is 5.56 Å². The normalized spacial score (nSPS) is 15.2. The molecule has 2 aromatic rings. The van der Waals surface area contributed by atoms with Gasteiger partial charge in [0, 0.05) is 19.2 Å². The molecule has 0 saturated carbocycles. The summed E-state index contributed by atoms with van der Waals surface area (Å²) in [6.45, 7) is -0.0880. The summed E-state index contributed by atoms with van der Waals surface area (Å²) in [7, 11) is 1.57. The van der Waals surface area contributed by atoms with Crippen molar-refractivity contribution in [1.29, 1.82) is 0 Å². The lowest BCUT2D eigenvalue weighted by Gasteiger charge is -2.20. The van der Waals surface area contributed by atoms with Crippen molar-refractivity contribution in [2.75, 3.05) is 18.9 Å². The van der Waals surface area contributed by atoms with E-state index in [1.807, 2.05) is 24.3 Å². The Labute approximate surface area is 155 Å². The van der Waals surface area contributed by atoms with Crippen molar-refractivity contribution in [2.24, 2.45) is 0 Å². The minimum absolute atomic E-state index is 0.0880. The maximum atomic E-state index is 12.5. The molecule has 2 amide bonds. The number of anilines is 1. The molecule has 0 saturated heterocycles. The van der Waals surface area contributed by atoms with E-state index in [9.17, 15) is 9.59 Å². The summed E-state index contributed by atoms with van der Waals surface area (Å²) in [6.07, 6.45) is -0.0894. The van der Waals surface area contributed by atoms with Crippen molar-refractivity contribution in [1.82, 2.24) is 4.90 Å². The zero-order chi connectivity index (χ0) is 18.0. The Morgan fingerprint density at radius 1 is 1.20 bits per heavy atom. The van der Waals surface area contributed by atoms with Crippen LogP contribution in [0.3, 0.4) is 0 Å². The van der Waals surface area contributed by atoms with Crippen LogP contribution in [-0.2, 0) is 16.0 Å². The number of carbonyl (C=O) groups excluding carboxylic acids is 2. The van der Waals surface area contributed by atoms with E-state index in [-0.39, 0.29) is 18.4 Å². The average molecular weight is 379 g/mol. The van der Waals surface area contributed by atoms with E-state index in [0.717, 1.165) is 11.3 Å². The molecule has 1 aliphatic heterocycles. The highest BCUT2D eigenvalue weighted by Gasteiger charge is 2.31. The first-order valence-corrected chi connectivity index (χ1v) is 8.44. The zero-order valence-corrected chi connectivity index (χ0v) is 15.0. The van der Waals surface area contributed by atoms with Gasteiger partial charge in [-0.05, 0) is 29.8 Å². The van der Waals surface area contributed by atoms with E-state index in [1.165, 1.54) is 4.90 Å².